The first-order chi connectivity index (χ1) is 13.1. The summed E-state index contributed by atoms with van der Waals surface area (Å²) >= 11 is 6.86. The summed E-state index contributed by atoms with van der Waals surface area (Å²) in [6.07, 6.45) is 1.57. The van der Waals surface area contributed by atoms with Gasteiger partial charge in [-0.1, -0.05) is 0 Å². The van der Waals surface area contributed by atoms with E-state index in [1.807, 2.05) is 18.2 Å². The number of aromatic nitrogens is 4. The summed E-state index contributed by atoms with van der Waals surface area (Å²) in [4.78, 5) is 15.5. The first-order valence-electron chi connectivity index (χ1n) is 7.97. The third-order valence-electron chi connectivity index (χ3n) is 3.54. The fourth-order valence-electron chi connectivity index (χ4n) is 2.33. The monoisotopic (exact) mass is 405 g/mol. The highest BCUT2D eigenvalue weighted by molar-refractivity contribution is 7.99. The zero-order chi connectivity index (χ0) is 19.2. The highest BCUT2D eigenvalue weighted by Gasteiger charge is 2.09. The molecule has 9 nitrogen and oxygen atoms in total. The number of fused-ring (bicyclic) bond motifs is 1. The Labute approximate surface area is 165 Å². The average molecular weight is 406 g/mol. The highest BCUT2D eigenvalue weighted by Crippen LogP contribution is 2.29. The molecule has 3 aromatic rings. The van der Waals surface area contributed by atoms with Crippen LogP contribution in [0.1, 0.15) is 0 Å². The van der Waals surface area contributed by atoms with Gasteiger partial charge in [0.15, 0.2) is 22.3 Å². The van der Waals surface area contributed by atoms with Gasteiger partial charge in [-0.15, -0.1) is 11.8 Å². The van der Waals surface area contributed by atoms with Gasteiger partial charge in [-0.2, -0.15) is 4.98 Å². The molecule has 27 heavy (non-hydrogen) atoms. The second-order valence-electron chi connectivity index (χ2n) is 5.29. The highest BCUT2D eigenvalue weighted by atomic mass is 32.2. The summed E-state index contributed by atoms with van der Waals surface area (Å²) in [5, 5.41) is 7.54. The third kappa shape index (κ3) is 4.68. The number of anilines is 2. The Morgan fingerprint density at radius 1 is 1.26 bits per heavy atom. The van der Waals surface area contributed by atoms with E-state index >= 15 is 0 Å². The van der Waals surface area contributed by atoms with Crippen molar-refractivity contribution in [3.05, 3.63) is 24.5 Å². The summed E-state index contributed by atoms with van der Waals surface area (Å²) in [5.41, 5.74) is 7.85. The fourth-order valence-corrected chi connectivity index (χ4v) is 3.40. The number of rotatable bonds is 7. The molecular formula is C16H19N7O2S2. The molecule has 0 bridgehead atoms. The number of ether oxygens (including phenoxy) is 2. The predicted octanol–water partition coefficient (Wildman–Crippen LogP) is 2.03. The summed E-state index contributed by atoms with van der Waals surface area (Å²) in [5.74, 6) is 2.23. The second-order valence-corrected chi connectivity index (χ2v) is 6.78. The third-order valence-corrected chi connectivity index (χ3v) is 4.76. The van der Waals surface area contributed by atoms with Gasteiger partial charge >= 0.3 is 0 Å². The maximum absolute atomic E-state index is 5.71. The van der Waals surface area contributed by atoms with Gasteiger partial charge in [-0.3, -0.25) is 0 Å². The van der Waals surface area contributed by atoms with Crippen molar-refractivity contribution in [1.82, 2.24) is 25.3 Å². The number of nitrogen functional groups attached to an aromatic ring is 1. The van der Waals surface area contributed by atoms with Gasteiger partial charge in [0, 0.05) is 24.1 Å². The van der Waals surface area contributed by atoms with Crippen LogP contribution in [0.25, 0.3) is 11.2 Å². The molecular weight excluding hydrogens is 386 g/mol. The molecule has 0 aliphatic carbocycles. The van der Waals surface area contributed by atoms with E-state index in [2.05, 4.69) is 30.6 Å². The lowest BCUT2D eigenvalue weighted by atomic mass is 10.3. The summed E-state index contributed by atoms with van der Waals surface area (Å²) in [6.45, 7) is 0.642. The van der Waals surface area contributed by atoms with E-state index in [0.717, 1.165) is 22.0 Å². The van der Waals surface area contributed by atoms with Gasteiger partial charge < -0.3 is 30.8 Å². The Kier molecular flexibility index (Phi) is 6.14. The smallest absolute Gasteiger partial charge is 0.223 e. The van der Waals surface area contributed by atoms with Crippen molar-refractivity contribution >= 4 is 51.9 Å². The van der Waals surface area contributed by atoms with Gasteiger partial charge in [0.1, 0.15) is 10.5 Å². The molecule has 0 atom stereocenters. The number of benzene rings is 1. The number of nitrogens with one attached hydrogen (secondary N) is 3. The van der Waals surface area contributed by atoms with Gasteiger partial charge in [0.25, 0.3) is 0 Å². The fraction of sp³-hybridized carbons (Fsp3) is 0.250. The minimum absolute atomic E-state index is 0.204. The lowest BCUT2D eigenvalue weighted by molar-refractivity contribution is 0.355. The normalized spacial score (nSPS) is 10.6. The number of nitrogens with zero attached hydrogens (tertiary/aromatic N) is 3. The Morgan fingerprint density at radius 2 is 2.07 bits per heavy atom. The lowest BCUT2D eigenvalue weighted by Crippen LogP contribution is -2.30. The number of imidazole rings is 1. The minimum Gasteiger partial charge on any atom is -0.493 e. The number of hydrogen-bond acceptors (Lipinski definition) is 8. The van der Waals surface area contributed by atoms with Crippen LogP contribution in [-0.2, 0) is 0 Å². The van der Waals surface area contributed by atoms with Crippen molar-refractivity contribution in [1.29, 1.82) is 0 Å². The number of H-pyrrole nitrogens is 1. The molecule has 1 aromatic carbocycles. The van der Waals surface area contributed by atoms with E-state index in [-0.39, 0.29) is 5.95 Å². The number of nitrogens with two attached hydrogens (primary N) is 1. The van der Waals surface area contributed by atoms with Crippen LogP contribution in [0.5, 0.6) is 11.5 Å². The van der Waals surface area contributed by atoms with Crippen molar-refractivity contribution in [3.8, 4) is 11.5 Å². The van der Waals surface area contributed by atoms with Crippen molar-refractivity contribution in [3.63, 3.8) is 0 Å². The van der Waals surface area contributed by atoms with Crippen LogP contribution >= 0.6 is 24.0 Å². The molecule has 5 N–H and O–H groups in total. The molecule has 0 amide bonds. The van der Waals surface area contributed by atoms with Crippen molar-refractivity contribution in [2.45, 2.75) is 5.03 Å². The summed E-state index contributed by atoms with van der Waals surface area (Å²) in [6, 6.07) is 5.50. The molecule has 0 unspecified atom stereocenters. The molecule has 0 radical (unpaired) electrons. The van der Waals surface area contributed by atoms with Gasteiger partial charge in [0.05, 0.1) is 20.5 Å². The molecule has 2 heterocycles. The molecule has 2 aromatic heterocycles. The number of thiocarbonyl (C=S) groups is 1. The quantitative estimate of drug-likeness (QED) is 0.201. The van der Waals surface area contributed by atoms with E-state index in [4.69, 9.17) is 27.4 Å². The molecule has 142 valence electrons. The van der Waals surface area contributed by atoms with Crippen LogP contribution in [0.15, 0.2) is 29.6 Å². The van der Waals surface area contributed by atoms with Crippen LogP contribution in [0.4, 0.5) is 11.6 Å². The van der Waals surface area contributed by atoms with Crippen LogP contribution in [0.3, 0.4) is 0 Å². The van der Waals surface area contributed by atoms with E-state index < -0.39 is 0 Å². The van der Waals surface area contributed by atoms with Gasteiger partial charge in [0.2, 0.25) is 5.95 Å². The lowest BCUT2D eigenvalue weighted by Gasteiger charge is -2.13. The van der Waals surface area contributed by atoms with Crippen molar-refractivity contribution in [2.24, 2.45) is 0 Å². The number of methoxy groups -OCH3 is 2. The predicted molar refractivity (Wildman–Crippen MR) is 111 cm³/mol. The van der Waals surface area contributed by atoms with Crippen LogP contribution < -0.4 is 25.8 Å². The Bertz CT molecular complexity index is 948. The van der Waals surface area contributed by atoms with Gasteiger partial charge in [-0.05, 0) is 24.4 Å². The van der Waals surface area contributed by atoms with Crippen LogP contribution in [-0.4, -0.2) is 51.6 Å². The van der Waals surface area contributed by atoms with E-state index in [9.17, 15) is 0 Å². The average Bonchev–Trinajstić information content (AvgIpc) is 3.13. The van der Waals surface area contributed by atoms with Gasteiger partial charge in [-0.25, -0.2) is 9.97 Å². The zero-order valence-electron chi connectivity index (χ0n) is 14.8. The Hall–Kier alpha value is -2.79. The molecule has 0 aliphatic rings. The molecule has 3 rings (SSSR count). The Morgan fingerprint density at radius 3 is 2.85 bits per heavy atom. The minimum atomic E-state index is 0.204. The molecule has 0 saturated carbocycles. The van der Waals surface area contributed by atoms with E-state index in [1.165, 1.54) is 11.8 Å². The molecule has 0 spiro atoms. The van der Waals surface area contributed by atoms with Crippen molar-refractivity contribution in [2.75, 3.05) is 37.6 Å². The van der Waals surface area contributed by atoms with E-state index in [1.54, 1.807) is 20.5 Å². The SMILES string of the molecule is COc1ccc(NC(=S)NCCSc2nc(N)nc3nc[nH]c23)cc1OC. The molecule has 0 saturated heterocycles. The Balaban J connectivity index is 1.50. The maximum Gasteiger partial charge on any atom is 0.223 e. The van der Waals surface area contributed by atoms with Crippen LogP contribution in [0, 0.1) is 0 Å². The second kappa shape index (κ2) is 8.73. The zero-order valence-corrected chi connectivity index (χ0v) is 16.4. The number of hydrogen-bond donors (Lipinski definition) is 4. The topological polar surface area (TPSA) is 123 Å². The molecule has 0 aliphatic heterocycles. The molecule has 0 fully saturated rings. The maximum atomic E-state index is 5.71. The first-order valence-corrected chi connectivity index (χ1v) is 9.36. The summed E-state index contributed by atoms with van der Waals surface area (Å²) in [7, 11) is 3.18. The van der Waals surface area contributed by atoms with E-state index in [0.29, 0.717) is 28.8 Å². The first kappa shape index (κ1) is 19.0. The number of aromatic amines is 1. The number of thioether (sulfide) groups is 1. The molecule has 11 heteroatoms. The summed E-state index contributed by atoms with van der Waals surface area (Å²) < 4.78 is 10.5. The largest absolute Gasteiger partial charge is 0.493 e. The standard InChI is InChI=1S/C16H19N7O2S2/c1-24-10-4-3-9(7-11(10)25-2)21-16(26)18-5-6-27-14-12-13(20-8-19-12)22-15(17)23-14/h3-4,7-8H,5-6H2,1-2H3,(H2,18,21,26)(H3,17,19,20,22,23). The van der Waals surface area contributed by atoms with Crippen LogP contribution in [0.2, 0.25) is 0 Å². The van der Waals surface area contributed by atoms with Crippen molar-refractivity contribution < 1.29 is 9.47 Å².